The largest absolute Gasteiger partial charge is 0.378 e. The van der Waals surface area contributed by atoms with Crippen LogP contribution in [0, 0.1) is 0 Å². The van der Waals surface area contributed by atoms with E-state index < -0.39 is 0 Å². The number of rotatable bonds is 7. The molecule has 2 aromatic rings. The molecule has 0 spiro atoms. The summed E-state index contributed by atoms with van der Waals surface area (Å²) in [6.45, 7) is 7.56. The number of nitrogens with zero attached hydrogens (tertiary/aromatic N) is 4. The first-order valence-electron chi connectivity index (χ1n) is 11.8. The standard InChI is InChI=1S/C29H36N4O/c1-8-33(9-2)26-18-19-27(28(20-26)30-21(3)34)29(22-10-14-24(15-11-22)31(4)5)23-12-16-25(17-13-23)32(6)7/h10-20H,8-9H2,1-7H3. The first-order chi connectivity index (χ1) is 16.2. The third kappa shape index (κ3) is 5.66. The van der Waals surface area contributed by atoms with Crippen LogP contribution in [-0.4, -0.2) is 57.8 Å². The molecule has 0 unspecified atom stereocenters. The van der Waals surface area contributed by atoms with Crippen LogP contribution in [0.25, 0.3) is 5.57 Å². The lowest BCUT2D eigenvalue weighted by molar-refractivity contribution is -0.115. The third-order valence-corrected chi connectivity index (χ3v) is 6.00. The van der Waals surface area contributed by atoms with E-state index in [4.69, 9.17) is 0 Å². The van der Waals surface area contributed by atoms with Crippen LogP contribution in [0.2, 0.25) is 0 Å². The lowest BCUT2D eigenvalue weighted by atomic mass is 9.88. The summed E-state index contributed by atoms with van der Waals surface area (Å²) in [6, 6.07) is 17.0. The quantitative estimate of drug-likeness (QED) is 0.559. The molecule has 0 aliphatic heterocycles. The number of carbonyl (C=O) groups is 1. The molecular formula is C29H36N4O. The average molecular weight is 457 g/mol. The van der Waals surface area contributed by atoms with E-state index >= 15 is 0 Å². The van der Waals surface area contributed by atoms with Crippen molar-refractivity contribution in [3.05, 3.63) is 89.2 Å². The predicted octanol–water partition coefficient (Wildman–Crippen LogP) is 5.40. The van der Waals surface area contributed by atoms with Gasteiger partial charge in [0.2, 0.25) is 5.91 Å². The molecule has 1 aliphatic carbocycles. The molecular weight excluding hydrogens is 420 g/mol. The Labute approximate surface area is 204 Å². The zero-order chi connectivity index (χ0) is 24.8. The molecule has 34 heavy (non-hydrogen) atoms. The second kappa shape index (κ2) is 11.0. The number of anilines is 2. The Balaban J connectivity index is 2.25. The Morgan fingerprint density at radius 3 is 1.62 bits per heavy atom. The summed E-state index contributed by atoms with van der Waals surface area (Å²) >= 11 is 0. The molecule has 5 heteroatoms. The van der Waals surface area contributed by atoms with Crippen molar-refractivity contribution in [3.63, 3.8) is 0 Å². The zero-order valence-electron chi connectivity index (χ0n) is 21.5. The van der Waals surface area contributed by atoms with E-state index in [-0.39, 0.29) is 5.91 Å². The highest BCUT2D eigenvalue weighted by Gasteiger charge is 2.19. The van der Waals surface area contributed by atoms with Crippen LogP contribution in [0.1, 0.15) is 31.9 Å². The van der Waals surface area contributed by atoms with Gasteiger partial charge in [-0.25, -0.2) is 4.99 Å². The van der Waals surface area contributed by atoms with Crippen molar-refractivity contribution in [2.24, 2.45) is 4.99 Å². The predicted molar refractivity (Wildman–Crippen MR) is 146 cm³/mol. The van der Waals surface area contributed by atoms with Crippen LogP contribution < -0.4 is 9.80 Å². The minimum absolute atomic E-state index is 0.205. The van der Waals surface area contributed by atoms with E-state index in [0.29, 0.717) is 5.71 Å². The molecule has 0 saturated heterocycles. The van der Waals surface area contributed by atoms with Crippen molar-refractivity contribution in [3.8, 4) is 0 Å². The normalized spacial score (nSPS) is 14.1. The Hall–Kier alpha value is -3.60. The number of benzene rings is 2. The lowest BCUT2D eigenvalue weighted by Crippen LogP contribution is -2.24. The molecule has 0 aromatic heterocycles. The van der Waals surface area contributed by atoms with Gasteiger partial charge < -0.3 is 14.7 Å². The van der Waals surface area contributed by atoms with Crippen molar-refractivity contribution in [2.75, 3.05) is 51.1 Å². The van der Waals surface area contributed by atoms with Crippen molar-refractivity contribution in [2.45, 2.75) is 20.8 Å². The molecule has 1 amide bonds. The molecule has 178 valence electrons. The molecule has 0 radical (unpaired) electrons. The zero-order valence-corrected chi connectivity index (χ0v) is 21.5. The van der Waals surface area contributed by atoms with Gasteiger partial charge in [0.1, 0.15) is 0 Å². The first-order valence-corrected chi connectivity index (χ1v) is 11.8. The van der Waals surface area contributed by atoms with Gasteiger partial charge in [0, 0.05) is 70.8 Å². The molecule has 0 bridgehead atoms. The fourth-order valence-electron chi connectivity index (χ4n) is 4.11. The number of hydrogen-bond donors (Lipinski definition) is 0. The molecule has 0 atom stereocenters. The molecule has 1 aliphatic rings. The Morgan fingerprint density at radius 2 is 1.24 bits per heavy atom. The lowest BCUT2D eigenvalue weighted by Gasteiger charge is -2.26. The third-order valence-electron chi connectivity index (χ3n) is 6.00. The number of carbonyl (C=O) groups excluding carboxylic acids is 1. The molecule has 0 fully saturated rings. The number of likely N-dealkylation sites (N-methyl/N-ethyl adjacent to an activating group) is 1. The van der Waals surface area contributed by atoms with E-state index in [1.165, 1.54) is 6.92 Å². The maximum atomic E-state index is 12.1. The summed E-state index contributed by atoms with van der Waals surface area (Å²) in [5.74, 6) is -0.205. The maximum absolute atomic E-state index is 12.1. The maximum Gasteiger partial charge on any atom is 0.243 e. The molecule has 0 heterocycles. The SMILES string of the molecule is CCN(CC)C1=CC(=NC(C)=O)C(=C(c2ccc(N(C)C)cc2)c2ccc(N(C)C)cc2)C=C1. The highest BCUT2D eigenvalue weighted by atomic mass is 16.1. The second-order valence-corrected chi connectivity index (χ2v) is 8.76. The Morgan fingerprint density at radius 1 is 0.765 bits per heavy atom. The van der Waals surface area contributed by atoms with Gasteiger partial charge in [0.05, 0.1) is 5.71 Å². The minimum Gasteiger partial charge on any atom is -0.378 e. The van der Waals surface area contributed by atoms with E-state index in [9.17, 15) is 4.79 Å². The van der Waals surface area contributed by atoms with Crippen LogP contribution in [0.5, 0.6) is 0 Å². The van der Waals surface area contributed by atoms with Crippen LogP contribution in [0.4, 0.5) is 11.4 Å². The highest BCUT2D eigenvalue weighted by Crippen LogP contribution is 2.33. The number of aliphatic imine (C=N–C) groups is 1. The van der Waals surface area contributed by atoms with Crippen LogP contribution in [0.15, 0.2) is 83.0 Å². The minimum atomic E-state index is -0.205. The van der Waals surface area contributed by atoms with Gasteiger partial charge in [-0.05, 0) is 67.0 Å². The smallest absolute Gasteiger partial charge is 0.243 e. The molecule has 2 aromatic carbocycles. The second-order valence-electron chi connectivity index (χ2n) is 8.76. The van der Waals surface area contributed by atoms with Crippen molar-refractivity contribution in [1.29, 1.82) is 0 Å². The van der Waals surface area contributed by atoms with Crippen molar-refractivity contribution >= 4 is 28.6 Å². The summed E-state index contributed by atoms with van der Waals surface area (Å²) in [5.41, 5.74) is 8.20. The van der Waals surface area contributed by atoms with Crippen LogP contribution in [-0.2, 0) is 4.79 Å². The van der Waals surface area contributed by atoms with E-state index in [2.05, 4.69) is 94.2 Å². The molecule has 3 rings (SSSR count). The fourth-order valence-corrected chi connectivity index (χ4v) is 4.11. The summed E-state index contributed by atoms with van der Waals surface area (Å²) in [6.07, 6.45) is 6.26. The van der Waals surface area contributed by atoms with Gasteiger partial charge >= 0.3 is 0 Å². The van der Waals surface area contributed by atoms with Gasteiger partial charge in [-0.2, -0.15) is 0 Å². The van der Waals surface area contributed by atoms with Gasteiger partial charge in [0.25, 0.3) is 0 Å². The fraction of sp³-hybridized carbons (Fsp3) is 0.310. The van der Waals surface area contributed by atoms with Crippen LogP contribution >= 0.6 is 0 Å². The molecule has 0 saturated carbocycles. The van der Waals surface area contributed by atoms with E-state index in [1.807, 2.05) is 34.3 Å². The van der Waals surface area contributed by atoms with Crippen molar-refractivity contribution < 1.29 is 4.79 Å². The molecule has 5 nitrogen and oxygen atoms in total. The summed E-state index contributed by atoms with van der Waals surface area (Å²) < 4.78 is 0. The van der Waals surface area contributed by atoms with Crippen molar-refractivity contribution in [1.82, 2.24) is 4.90 Å². The average Bonchev–Trinajstić information content (AvgIpc) is 2.81. The monoisotopic (exact) mass is 456 g/mol. The Bertz CT molecular complexity index is 1080. The first kappa shape index (κ1) is 25.0. The summed E-state index contributed by atoms with van der Waals surface area (Å²) in [5, 5.41) is 0. The Kier molecular flexibility index (Phi) is 8.11. The van der Waals surface area contributed by atoms with Gasteiger partial charge in [-0.3, -0.25) is 4.79 Å². The van der Waals surface area contributed by atoms with E-state index in [1.54, 1.807) is 0 Å². The number of allylic oxidation sites excluding steroid dienone is 4. The van der Waals surface area contributed by atoms with E-state index in [0.717, 1.165) is 52.4 Å². The highest BCUT2D eigenvalue weighted by molar-refractivity contribution is 6.20. The summed E-state index contributed by atoms with van der Waals surface area (Å²) in [4.78, 5) is 23.0. The number of hydrogen-bond acceptors (Lipinski definition) is 4. The summed E-state index contributed by atoms with van der Waals surface area (Å²) in [7, 11) is 8.15. The van der Waals surface area contributed by atoms with Gasteiger partial charge in [-0.15, -0.1) is 0 Å². The molecule has 0 N–H and O–H groups in total. The van der Waals surface area contributed by atoms with Crippen LogP contribution in [0.3, 0.4) is 0 Å². The van der Waals surface area contributed by atoms with Gasteiger partial charge in [0.15, 0.2) is 0 Å². The topological polar surface area (TPSA) is 39.2 Å². The van der Waals surface area contributed by atoms with Gasteiger partial charge in [-0.1, -0.05) is 30.3 Å². The number of amides is 1.